The highest BCUT2D eigenvalue weighted by atomic mass is 32.1. The Kier molecular flexibility index (Phi) is 28.8. The molecular weight excluding hydrogens is 987 g/mol. The number of rotatable bonds is 40. The summed E-state index contributed by atoms with van der Waals surface area (Å²) in [4.78, 5) is 113. The molecule has 0 aliphatic carbocycles. The summed E-state index contributed by atoms with van der Waals surface area (Å²) < 4.78 is 16.2. The number of nitro groups is 2. The second-order valence-corrected chi connectivity index (χ2v) is 17.0. The van der Waals surface area contributed by atoms with E-state index >= 15 is 0 Å². The molecule has 5 amide bonds. The number of carboxylic acids is 1. The van der Waals surface area contributed by atoms with Crippen LogP contribution in [0, 0.1) is 20.2 Å². The van der Waals surface area contributed by atoms with Gasteiger partial charge in [0.15, 0.2) is 5.78 Å². The van der Waals surface area contributed by atoms with Crippen LogP contribution in [-0.4, -0.2) is 139 Å². The number of carbonyl (C=O) groups excluding carboxylic acids is 6. The van der Waals surface area contributed by atoms with Crippen LogP contribution in [-0.2, 0) is 54.2 Å². The number of ketones is 1. The molecule has 0 fully saturated rings. The fourth-order valence-corrected chi connectivity index (χ4v) is 7.40. The average molecular weight is 1050 g/mol. The van der Waals surface area contributed by atoms with Crippen LogP contribution in [0.2, 0.25) is 0 Å². The van der Waals surface area contributed by atoms with Crippen LogP contribution in [0.1, 0.15) is 82.6 Å². The Bertz CT molecular complexity index is 2420. The van der Waals surface area contributed by atoms with Crippen molar-refractivity contribution in [2.75, 3.05) is 64.6 Å². The third-order valence-electron chi connectivity index (χ3n) is 11.2. The van der Waals surface area contributed by atoms with Gasteiger partial charge in [0.2, 0.25) is 29.5 Å². The number of aliphatic imine (C=N–C) groups is 1. The number of unbranched alkanes of at least 4 members (excludes halogenated alkanes) is 2. The van der Waals surface area contributed by atoms with E-state index < -0.39 is 75.2 Å². The zero-order chi connectivity index (χ0) is 54.1. The van der Waals surface area contributed by atoms with Gasteiger partial charge in [-0.15, -0.1) is 0 Å². The molecule has 0 aliphatic heterocycles. The number of hydrogen-bond acceptors (Lipinski definition) is 17. The fourth-order valence-electron chi connectivity index (χ4n) is 7.31. The second-order valence-electron chi connectivity index (χ2n) is 16.9. The summed E-state index contributed by atoms with van der Waals surface area (Å²) in [6.45, 7) is 2.23. The van der Waals surface area contributed by atoms with E-state index in [9.17, 15) is 53.8 Å². The lowest BCUT2D eigenvalue weighted by Crippen LogP contribution is -2.47. The first-order valence-corrected chi connectivity index (χ1v) is 24.6. The van der Waals surface area contributed by atoms with E-state index in [1.54, 1.807) is 0 Å². The van der Waals surface area contributed by atoms with Crippen LogP contribution in [0.3, 0.4) is 0 Å². The van der Waals surface area contributed by atoms with Crippen molar-refractivity contribution in [3.63, 3.8) is 0 Å². The SMILES string of the molecule is NC(=O)C(CCCCNC(=O)C(CCCCNC(=O)CCOCCOCCN=C=S)NC(=O)Cc1ccc2ccccc2c1)NC(=O)CCOCCCC(=O)C(CCC(=O)O)Nc1ccc([N+](=O)[O-])cc1[N+](=O)[O-]. The number of aliphatic carboxylic acids is 1. The van der Waals surface area contributed by atoms with Gasteiger partial charge in [-0.1, -0.05) is 42.5 Å². The first-order valence-electron chi connectivity index (χ1n) is 24.2. The molecule has 25 heteroatoms. The van der Waals surface area contributed by atoms with Gasteiger partial charge in [-0.2, -0.15) is 0 Å². The smallest absolute Gasteiger partial charge is 0.303 e. The summed E-state index contributed by atoms with van der Waals surface area (Å²) in [5.74, 6) is -3.91. The molecule has 74 heavy (non-hydrogen) atoms. The van der Waals surface area contributed by atoms with Crippen LogP contribution in [0.15, 0.2) is 65.7 Å². The Morgan fingerprint density at radius 3 is 1.99 bits per heavy atom. The lowest BCUT2D eigenvalue weighted by molar-refractivity contribution is -0.393. The number of isothiocyanates is 1. The number of nitrogens with one attached hydrogen (secondary N) is 5. The third kappa shape index (κ3) is 24.9. The van der Waals surface area contributed by atoms with Crippen LogP contribution in [0.5, 0.6) is 0 Å². The van der Waals surface area contributed by atoms with Crippen molar-refractivity contribution in [3.05, 3.63) is 86.5 Å². The van der Waals surface area contributed by atoms with Crippen molar-refractivity contribution in [2.24, 2.45) is 10.7 Å². The van der Waals surface area contributed by atoms with Crippen molar-refractivity contribution in [3.8, 4) is 0 Å². The molecule has 0 saturated carbocycles. The van der Waals surface area contributed by atoms with Gasteiger partial charge >= 0.3 is 5.97 Å². The second kappa shape index (κ2) is 34.9. The first kappa shape index (κ1) is 61.0. The summed E-state index contributed by atoms with van der Waals surface area (Å²) in [7, 11) is 0. The number of Topliss-reactive ketones (excluding diaryl/α,β-unsaturated/α-hetero) is 1. The van der Waals surface area contributed by atoms with E-state index in [-0.39, 0.29) is 88.8 Å². The van der Waals surface area contributed by atoms with Gasteiger partial charge < -0.3 is 51.6 Å². The van der Waals surface area contributed by atoms with Crippen LogP contribution < -0.4 is 32.3 Å². The number of anilines is 1. The number of amides is 5. The maximum absolute atomic E-state index is 13.4. The summed E-state index contributed by atoms with van der Waals surface area (Å²) in [6.07, 6.45) is 1.76. The lowest BCUT2D eigenvalue weighted by atomic mass is 10.0. The monoisotopic (exact) mass is 1050 g/mol. The molecule has 0 heterocycles. The van der Waals surface area contributed by atoms with Gasteiger partial charge in [0, 0.05) is 51.4 Å². The molecule has 0 aromatic heterocycles. The molecule has 8 N–H and O–H groups in total. The molecule has 0 bridgehead atoms. The Morgan fingerprint density at radius 1 is 0.662 bits per heavy atom. The number of nitro benzene ring substituents is 2. The molecule has 3 aromatic carbocycles. The molecule has 3 aromatic rings. The number of carbonyl (C=O) groups is 7. The predicted molar refractivity (Wildman–Crippen MR) is 274 cm³/mol. The van der Waals surface area contributed by atoms with Crippen LogP contribution in [0.4, 0.5) is 17.1 Å². The molecular formula is C49H65N9O15S. The molecule has 0 radical (unpaired) electrons. The number of primary amides is 1. The maximum atomic E-state index is 13.4. The highest BCUT2D eigenvalue weighted by molar-refractivity contribution is 7.78. The van der Waals surface area contributed by atoms with Crippen LogP contribution >= 0.6 is 12.2 Å². The zero-order valence-corrected chi connectivity index (χ0v) is 41.9. The van der Waals surface area contributed by atoms with Gasteiger partial charge in [0.25, 0.3) is 11.4 Å². The van der Waals surface area contributed by atoms with Crippen molar-refractivity contribution < 1.29 is 62.7 Å². The van der Waals surface area contributed by atoms with Crippen LogP contribution in [0.25, 0.3) is 10.8 Å². The van der Waals surface area contributed by atoms with E-state index in [1.165, 1.54) is 0 Å². The number of carboxylic acid groups (broad SMARTS) is 1. The number of ether oxygens (including phenoxy) is 3. The summed E-state index contributed by atoms with van der Waals surface area (Å²) in [5, 5.41) is 49.9. The summed E-state index contributed by atoms with van der Waals surface area (Å²) in [6, 6.07) is 13.3. The Labute approximate surface area is 432 Å². The van der Waals surface area contributed by atoms with Gasteiger partial charge in [0.05, 0.1) is 73.1 Å². The fraction of sp³-hybridized carbons (Fsp3) is 0.510. The number of benzene rings is 3. The largest absolute Gasteiger partial charge is 0.481 e. The molecule has 24 nitrogen and oxygen atoms in total. The molecule has 0 aliphatic rings. The zero-order valence-electron chi connectivity index (χ0n) is 41.1. The molecule has 3 unspecified atom stereocenters. The number of nitrogens with zero attached hydrogens (tertiary/aromatic N) is 3. The molecule has 3 atom stereocenters. The number of hydrogen-bond donors (Lipinski definition) is 7. The molecule has 402 valence electrons. The Balaban J connectivity index is 1.41. The molecule has 0 saturated heterocycles. The minimum absolute atomic E-state index is 0.0164. The normalized spacial score (nSPS) is 12.1. The molecule has 0 spiro atoms. The highest BCUT2D eigenvalue weighted by Crippen LogP contribution is 2.30. The van der Waals surface area contributed by atoms with E-state index in [0.717, 1.165) is 34.5 Å². The first-order chi connectivity index (χ1) is 35.6. The topological polar surface area (TPSA) is 352 Å². The van der Waals surface area contributed by atoms with E-state index in [1.807, 2.05) is 42.5 Å². The quantitative estimate of drug-likeness (QED) is 0.0140. The number of nitrogens with two attached hydrogens (primary N) is 1. The van der Waals surface area contributed by atoms with Gasteiger partial charge in [0.1, 0.15) is 17.8 Å². The Hall–Kier alpha value is -7.31. The minimum atomic E-state index is -1.21. The summed E-state index contributed by atoms with van der Waals surface area (Å²) in [5.41, 5.74) is 4.95. The van der Waals surface area contributed by atoms with Crippen molar-refractivity contribution >= 4 is 86.5 Å². The number of fused-ring (bicyclic) bond motifs is 1. The average Bonchev–Trinajstić information content (AvgIpc) is 3.36. The lowest BCUT2D eigenvalue weighted by Gasteiger charge is -2.19. The van der Waals surface area contributed by atoms with Crippen molar-refractivity contribution in [2.45, 2.75) is 102 Å². The standard InChI is InChI=1S/C49H65N9O15S/c50-48(65)40(55-45(61)20-26-71-24-7-12-43(59)39(17-18-47(63)64)54-38-16-15-37(57(67)68)32-42(38)58(69)70)10-3-6-22-53-49(66)41(56-46(62)31-34-13-14-35-8-1-2-9-36(35)30-34)11-4-5-21-52-44(60)19-25-72-28-29-73-27-23-51-33-74/h1-2,8-9,13-16,30,32,39-41,54H,3-7,10-12,17-29,31H2,(H2,50,65)(H,52,60)(H,53,66)(H,55,61)(H,56,62)(H,63,64). The van der Waals surface area contributed by atoms with E-state index in [0.29, 0.717) is 65.0 Å². The van der Waals surface area contributed by atoms with Gasteiger partial charge in [-0.3, -0.25) is 53.8 Å². The van der Waals surface area contributed by atoms with E-state index in [2.05, 4.69) is 49.0 Å². The molecule has 3 rings (SSSR count). The number of thiocarbonyl (C=S) groups is 1. The predicted octanol–water partition coefficient (Wildman–Crippen LogP) is 3.85. The summed E-state index contributed by atoms with van der Waals surface area (Å²) >= 11 is 4.49. The maximum Gasteiger partial charge on any atom is 0.303 e. The van der Waals surface area contributed by atoms with E-state index in [4.69, 9.17) is 25.1 Å². The Morgan fingerprint density at radius 2 is 1.31 bits per heavy atom. The van der Waals surface area contributed by atoms with Crippen molar-refractivity contribution in [1.29, 1.82) is 0 Å². The van der Waals surface area contributed by atoms with Gasteiger partial charge in [-0.25, -0.2) is 4.99 Å². The number of non-ortho nitro benzene ring substituents is 1. The minimum Gasteiger partial charge on any atom is -0.481 e. The highest BCUT2D eigenvalue weighted by Gasteiger charge is 2.26. The van der Waals surface area contributed by atoms with Crippen molar-refractivity contribution in [1.82, 2.24) is 21.3 Å². The third-order valence-corrected chi connectivity index (χ3v) is 11.3. The van der Waals surface area contributed by atoms with Gasteiger partial charge in [-0.05, 0) is 86.0 Å².